The van der Waals surface area contributed by atoms with Gasteiger partial charge >= 0.3 is 5.97 Å². The van der Waals surface area contributed by atoms with E-state index in [2.05, 4.69) is 4.72 Å². The molecule has 6 nitrogen and oxygen atoms in total. The van der Waals surface area contributed by atoms with Gasteiger partial charge in [-0.25, -0.2) is 17.9 Å². The Labute approximate surface area is 153 Å². The Morgan fingerprint density at radius 2 is 1.50 bits per heavy atom. The third-order valence-corrected chi connectivity index (χ3v) is 5.04. The lowest BCUT2D eigenvalue weighted by atomic mass is 10.1. The third-order valence-electron chi connectivity index (χ3n) is 3.27. The van der Waals surface area contributed by atoms with Crippen molar-refractivity contribution in [3.05, 3.63) is 65.7 Å². The van der Waals surface area contributed by atoms with E-state index in [0.29, 0.717) is 5.56 Å². The molecule has 0 atom stereocenters. The van der Waals surface area contributed by atoms with E-state index >= 15 is 0 Å². The van der Waals surface area contributed by atoms with Crippen molar-refractivity contribution in [1.29, 1.82) is 0 Å². The van der Waals surface area contributed by atoms with Crippen molar-refractivity contribution < 1.29 is 22.7 Å². The van der Waals surface area contributed by atoms with E-state index in [9.17, 15) is 18.0 Å². The molecule has 2 aromatic carbocycles. The second-order valence-electron chi connectivity index (χ2n) is 6.75. The number of esters is 1. The van der Waals surface area contributed by atoms with Crippen LogP contribution in [0.3, 0.4) is 0 Å². The largest absolute Gasteiger partial charge is 0.454 e. The second-order valence-corrected chi connectivity index (χ2v) is 8.43. The second kappa shape index (κ2) is 7.80. The number of Topliss-reactive ketones (excluding diaryl/α,β-unsaturated/α-hetero) is 1. The normalized spacial score (nSPS) is 11.8. The minimum absolute atomic E-state index is 0.0457. The molecule has 0 saturated heterocycles. The van der Waals surface area contributed by atoms with Crippen molar-refractivity contribution in [3.8, 4) is 0 Å². The van der Waals surface area contributed by atoms with Crippen LogP contribution < -0.4 is 4.72 Å². The van der Waals surface area contributed by atoms with Gasteiger partial charge in [0.2, 0.25) is 10.0 Å². The van der Waals surface area contributed by atoms with E-state index in [1.165, 1.54) is 24.3 Å². The van der Waals surface area contributed by atoms with Crippen molar-refractivity contribution in [1.82, 2.24) is 4.72 Å². The summed E-state index contributed by atoms with van der Waals surface area (Å²) in [6, 6.07) is 13.9. The Bertz CT molecular complexity index is 882. The number of benzene rings is 2. The number of rotatable bonds is 6. The molecule has 2 aromatic rings. The van der Waals surface area contributed by atoms with Crippen LogP contribution in [0.2, 0.25) is 0 Å². The first-order valence-corrected chi connectivity index (χ1v) is 9.46. The minimum Gasteiger partial charge on any atom is -0.454 e. The molecule has 0 heterocycles. The summed E-state index contributed by atoms with van der Waals surface area (Å²) in [6.45, 7) is 4.83. The highest BCUT2D eigenvalue weighted by molar-refractivity contribution is 7.89. The zero-order valence-corrected chi connectivity index (χ0v) is 15.7. The van der Waals surface area contributed by atoms with Gasteiger partial charge in [0.25, 0.3) is 0 Å². The Hall–Kier alpha value is -2.51. The molecule has 0 radical (unpaired) electrons. The number of ketones is 1. The predicted molar refractivity (Wildman–Crippen MR) is 97.6 cm³/mol. The standard InChI is InChI=1S/C19H21NO5S/c1-19(2,3)20-26(23,24)16-11-9-15(10-12-16)18(22)25-13-17(21)14-7-5-4-6-8-14/h4-12,20H,13H2,1-3H3. The zero-order chi connectivity index (χ0) is 19.4. The summed E-state index contributed by atoms with van der Waals surface area (Å²) < 4.78 is 32.0. The number of carbonyl (C=O) groups excluding carboxylic acids is 2. The molecule has 0 aliphatic heterocycles. The summed E-state index contributed by atoms with van der Waals surface area (Å²) in [5, 5.41) is 0. The monoisotopic (exact) mass is 375 g/mol. The number of ether oxygens (including phenoxy) is 1. The Morgan fingerprint density at radius 3 is 2.04 bits per heavy atom. The molecule has 0 bridgehead atoms. The van der Waals surface area contributed by atoms with Gasteiger partial charge in [-0.1, -0.05) is 30.3 Å². The molecule has 26 heavy (non-hydrogen) atoms. The highest BCUT2D eigenvalue weighted by atomic mass is 32.2. The molecule has 0 aromatic heterocycles. The van der Waals surface area contributed by atoms with Crippen LogP contribution in [0.15, 0.2) is 59.5 Å². The van der Waals surface area contributed by atoms with E-state index in [-0.39, 0.29) is 22.8 Å². The summed E-state index contributed by atoms with van der Waals surface area (Å²) in [7, 11) is -3.68. The molecule has 1 N–H and O–H groups in total. The van der Waals surface area contributed by atoms with Gasteiger partial charge < -0.3 is 4.74 Å². The van der Waals surface area contributed by atoms with Crippen molar-refractivity contribution >= 4 is 21.8 Å². The SMILES string of the molecule is CC(C)(C)NS(=O)(=O)c1ccc(C(=O)OCC(=O)c2ccccc2)cc1. The molecule has 0 aliphatic carbocycles. The number of sulfonamides is 1. The number of hydrogen-bond acceptors (Lipinski definition) is 5. The summed E-state index contributed by atoms with van der Waals surface area (Å²) >= 11 is 0. The van der Waals surface area contributed by atoms with Gasteiger partial charge in [0.05, 0.1) is 10.5 Å². The van der Waals surface area contributed by atoms with E-state index in [0.717, 1.165) is 0 Å². The highest BCUT2D eigenvalue weighted by Crippen LogP contribution is 2.14. The molecule has 0 aliphatic rings. The lowest BCUT2D eigenvalue weighted by molar-refractivity contribution is 0.0474. The summed E-state index contributed by atoms with van der Waals surface area (Å²) in [5.74, 6) is -1.01. The van der Waals surface area contributed by atoms with Crippen LogP contribution in [0.1, 0.15) is 41.5 Å². The first-order chi connectivity index (χ1) is 12.1. The smallest absolute Gasteiger partial charge is 0.338 e. The van der Waals surface area contributed by atoms with Crippen LogP contribution in [-0.2, 0) is 14.8 Å². The van der Waals surface area contributed by atoms with E-state index in [1.807, 2.05) is 0 Å². The summed E-state index contributed by atoms with van der Waals surface area (Å²) in [5.41, 5.74) is 0.00406. The van der Waals surface area contributed by atoms with Crippen molar-refractivity contribution in [2.75, 3.05) is 6.61 Å². The summed E-state index contributed by atoms with van der Waals surface area (Å²) in [6.07, 6.45) is 0. The molecule has 0 saturated carbocycles. The van der Waals surface area contributed by atoms with Crippen LogP contribution in [0.4, 0.5) is 0 Å². The molecular formula is C19H21NO5S. The van der Waals surface area contributed by atoms with Gasteiger partial charge in [-0.2, -0.15) is 0 Å². The average Bonchev–Trinajstić information content (AvgIpc) is 2.58. The molecule has 0 unspecified atom stereocenters. The molecule has 138 valence electrons. The molecule has 0 amide bonds. The van der Waals surface area contributed by atoms with E-state index < -0.39 is 21.5 Å². The van der Waals surface area contributed by atoms with Crippen LogP contribution in [0.5, 0.6) is 0 Å². The number of carbonyl (C=O) groups is 2. The first-order valence-electron chi connectivity index (χ1n) is 7.98. The maximum absolute atomic E-state index is 12.2. The fraction of sp³-hybridized carbons (Fsp3) is 0.263. The predicted octanol–water partition coefficient (Wildman–Crippen LogP) is 2.80. The van der Waals surface area contributed by atoms with Gasteiger partial charge in [-0.15, -0.1) is 0 Å². The molecule has 7 heteroatoms. The minimum atomic E-state index is -3.68. The maximum atomic E-state index is 12.2. The van der Waals surface area contributed by atoms with Gasteiger partial charge in [0, 0.05) is 11.1 Å². The quantitative estimate of drug-likeness (QED) is 0.619. The lowest BCUT2D eigenvalue weighted by Gasteiger charge is -2.20. The van der Waals surface area contributed by atoms with Crippen LogP contribution in [0.25, 0.3) is 0 Å². The molecule has 0 spiro atoms. The van der Waals surface area contributed by atoms with Crippen LogP contribution in [0, 0.1) is 0 Å². The fourth-order valence-corrected chi connectivity index (χ4v) is 3.57. The van der Waals surface area contributed by atoms with Crippen molar-refractivity contribution in [2.24, 2.45) is 0 Å². The van der Waals surface area contributed by atoms with E-state index in [4.69, 9.17) is 4.74 Å². The molecule has 0 fully saturated rings. The number of hydrogen-bond donors (Lipinski definition) is 1. The van der Waals surface area contributed by atoms with Crippen molar-refractivity contribution in [3.63, 3.8) is 0 Å². The highest BCUT2D eigenvalue weighted by Gasteiger charge is 2.22. The first kappa shape index (κ1) is 19.8. The topological polar surface area (TPSA) is 89.5 Å². The van der Waals surface area contributed by atoms with Gasteiger partial charge in [0.1, 0.15) is 0 Å². The van der Waals surface area contributed by atoms with E-state index in [1.54, 1.807) is 51.1 Å². The summed E-state index contributed by atoms with van der Waals surface area (Å²) in [4.78, 5) is 24.0. The van der Waals surface area contributed by atoms with Crippen LogP contribution >= 0.6 is 0 Å². The van der Waals surface area contributed by atoms with Gasteiger partial charge in [0.15, 0.2) is 12.4 Å². The molecular weight excluding hydrogens is 354 g/mol. The Morgan fingerprint density at radius 1 is 0.923 bits per heavy atom. The maximum Gasteiger partial charge on any atom is 0.338 e. The zero-order valence-electron chi connectivity index (χ0n) is 14.9. The Balaban J connectivity index is 2.02. The van der Waals surface area contributed by atoms with Crippen LogP contribution in [-0.4, -0.2) is 32.3 Å². The lowest BCUT2D eigenvalue weighted by Crippen LogP contribution is -2.40. The van der Waals surface area contributed by atoms with Crippen molar-refractivity contribution in [2.45, 2.75) is 31.2 Å². The molecule has 2 rings (SSSR count). The third kappa shape index (κ3) is 5.50. The Kier molecular flexibility index (Phi) is 5.94. The number of nitrogens with one attached hydrogen (secondary N) is 1. The average molecular weight is 375 g/mol. The van der Waals surface area contributed by atoms with Gasteiger partial charge in [-0.05, 0) is 45.0 Å². The van der Waals surface area contributed by atoms with Gasteiger partial charge in [-0.3, -0.25) is 4.79 Å². The fourth-order valence-electron chi connectivity index (χ4n) is 2.15.